The molecule has 17 nitrogen and oxygen atoms in total. The standard InChI is InChI=1S/C33H40N4O6.C29H33N3O4.CH4.ClH/c1-33(2,3)43-32(41)36-16-14-21-7-6-8-22(29(21)36)18-35-15-5-4-9-24(35)20-42-25-10-11-26-23(17-25)19-37(31(26)40)27-12-13-28(38)34-30(27)39;33-27-13-12-26(28(34)30-27)32-17-21-15-23(10-11-25(21)29(32)35)36-18-22-8-1-2-14-31(22)16-20-7-3-5-19-6-4-9-24(19)20;;/h6-8,10-11,17,24,27H,4-5,9,12-16,18-20H2,1-3H3,(H,34,38,39);3,5,7,10-11,15,22,26H,1-2,4,6,8-9,12-14,16-18H2,(H,30,33,34);1H4;1H/t24-,27?;22-,26?;;/m11../s1. The number of likely N-dealkylation sites (tertiary alicyclic amines) is 2. The number of benzene rings is 4. The first-order valence-corrected chi connectivity index (χ1v) is 28.6. The van der Waals surface area contributed by atoms with Crippen molar-refractivity contribution >= 4 is 59.6 Å². The van der Waals surface area contributed by atoms with Crippen LogP contribution in [-0.4, -0.2) is 124 Å². The maximum Gasteiger partial charge on any atom is 0.414 e. The van der Waals surface area contributed by atoms with E-state index >= 15 is 0 Å². The number of ether oxygens (including phenoxy) is 3. The monoisotopic (exact) mass is 1130 g/mol. The van der Waals surface area contributed by atoms with E-state index in [1.807, 2.05) is 51.1 Å². The molecule has 4 fully saturated rings. The number of nitrogens with one attached hydrogen (secondary N) is 2. The fourth-order valence-electron chi connectivity index (χ4n) is 13.0. The molecule has 12 rings (SSSR count). The summed E-state index contributed by atoms with van der Waals surface area (Å²) < 4.78 is 18.3. The number of imide groups is 2. The first-order chi connectivity index (χ1) is 38.1. The van der Waals surface area contributed by atoms with E-state index in [2.05, 4.69) is 56.8 Å². The summed E-state index contributed by atoms with van der Waals surface area (Å²) in [4.78, 5) is 96.8. The Morgan fingerprint density at radius 3 is 1.62 bits per heavy atom. The quantitative estimate of drug-likeness (QED) is 0.129. The molecule has 4 aromatic rings. The van der Waals surface area contributed by atoms with Gasteiger partial charge in [-0.15, -0.1) is 12.4 Å². The van der Waals surface area contributed by atoms with Gasteiger partial charge in [-0.3, -0.25) is 54.1 Å². The van der Waals surface area contributed by atoms with E-state index in [1.54, 1.807) is 26.3 Å². The molecule has 2 unspecified atom stereocenters. The normalized spacial score (nSPS) is 22.5. The number of aryl methyl sites for hydroxylation is 1. The van der Waals surface area contributed by atoms with Crippen LogP contribution < -0.4 is 25.0 Å². The summed E-state index contributed by atoms with van der Waals surface area (Å²) in [5.41, 5.74) is 10.2. The second-order valence-electron chi connectivity index (χ2n) is 23.5. The Bertz CT molecular complexity index is 3070. The summed E-state index contributed by atoms with van der Waals surface area (Å²) in [6.07, 6.45) is 12.2. The predicted molar refractivity (Wildman–Crippen MR) is 308 cm³/mol. The number of carbonyl (C=O) groups is 7. The van der Waals surface area contributed by atoms with Crippen molar-refractivity contribution in [3.8, 4) is 11.5 Å². The van der Waals surface area contributed by atoms with Gasteiger partial charge in [-0.05, 0) is 173 Å². The van der Waals surface area contributed by atoms with Crippen molar-refractivity contribution in [2.75, 3.05) is 37.7 Å². The maximum absolute atomic E-state index is 13.1. The molecular formula is C63H78ClN7O10. The van der Waals surface area contributed by atoms with Crippen LogP contribution >= 0.6 is 12.4 Å². The number of hydrogen-bond donors (Lipinski definition) is 2. The molecule has 7 aliphatic heterocycles. The number of fused-ring (bicyclic) bond motifs is 4. The van der Waals surface area contributed by atoms with Crippen LogP contribution in [0.3, 0.4) is 0 Å². The molecule has 1 aliphatic carbocycles. The number of anilines is 1. The van der Waals surface area contributed by atoms with E-state index in [4.69, 9.17) is 14.2 Å². The van der Waals surface area contributed by atoms with Crippen molar-refractivity contribution in [1.82, 2.24) is 30.2 Å². The molecule has 432 valence electrons. The zero-order valence-corrected chi connectivity index (χ0v) is 47.0. The van der Waals surface area contributed by atoms with Gasteiger partial charge in [-0.25, -0.2) is 4.79 Å². The van der Waals surface area contributed by atoms with Gasteiger partial charge in [0.05, 0.1) is 5.69 Å². The third-order valence-corrected chi connectivity index (χ3v) is 17.1. The topological polar surface area (TPSA) is 187 Å². The predicted octanol–water partition coefficient (Wildman–Crippen LogP) is 8.61. The minimum Gasteiger partial charge on any atom is -0.492 e. The van der Waals surface area contributed by atoms with Gasteiger partial charge in [-0.1, -0.05) is 56.7 Å². The summed E-state index contributed by atoms with van der Waals surface area (Å²) in [7, 11) is 0. The minimum absolute atomic E-state index is 0. The summed E-state index contributed by atoms with van der Waals surface area (Å²) in [5, 5.41) is 4.70. The SMILES string of the molecule is C.CC(C)(C)OC(=O)N1CCc2cccc(CN3CCCC[C@@H]3COc3ccc4c(c3)CN(C3CCC(=O)NC3=O)C4=O)c21.Cl.O=C1CCC(N2Cc3cc(OC[C@H]4CCCCN4Cc4cccc5c4CCC5)ccc3C2=O)C(=O)N1. The van der Waals surface area contributed by atoms with Gasteiger partial charge in [0.15, 0.2) is 0 Å². The number of piperidine rings is 4. The number of nitrogens with zero attached hydrogens (tertiary/aromatic N) is 5. The van der Waals surface area contributed by atoms with Crippen molar-refractivity contribution in [2.24, 2.45) is 0 Å². The Morgan fingerprint density at radius 2 is 1.09 bits per heavy atom. The van der Waals surface area contributed by atoms with Gasteiger partial charge in [0.2, 0.25) is 23.6 Å². The van der Waals surface area contributed by atoms with Gasteiger partial charge in [0.25, 0.3) is 11.8 Å². The molecule has 0 spiro atoms. The van der Waals surface area contributed by atoms with E-state index in [0.717, 1.165) is 86.4 Å². The van der Waals surface area contributed by atoms with Gasteiger partial charge in [-0.2, -0.15) is 0 Å². The minimum atomic E-state index is -0.636. The highest BCUT2D eigenvalue weighted by Crippen LogP contribution is 2.37. The number of amides is 7. The lowest BCUT2D eigenvalue weighted by Crippen LogP contribution is -2.52. The van der Waals surface area contributed by atoms with Gasteiger partial charge in [0, 0.05) is 68.8 Å². The van der Waals surface area contributed by atoms with Crippen LogP contribution in [0.1, 0.15) is 158 Å². The average Bonchev–Trinajstić information content (AvgIpc) is 4.24. The van der Waals surface area contributed by atoms with Crippen LogP contribution in [0.5, 0.6) is 11.5 Å². The zero-order valence-electron chi connectivity index (χ0n) is 46.2. The number of rotatable bonds is 12. The van der Waals surface area contributed by atoms with E-state index in [9.17, 15) is 33.6 Å². The fourth-order valence-corrected chi connectivity index (χ4v) is 13.0. The van der Waals surface area contributed by atoms with Gasteiger partial charge in [0.1, 0.15) is 42.4 Å². The molecule has 0 saturated carbocycles. The Balaban J connectivity index is 0.000000194. The Morgan fingerprint density at radius 1 is 0.568 bits per heavy atom. The van der Waals surface area contributed by atoms with Crippen molar-refractivity contribution in [3.63, 3.8) is 0 Å². The fraction of sp³-hybridized carbons (Fsp3) is 0.508. The lowest BCUT2D eigenvalue weighted by molar-refractivity contribution is -0.138. The molecule has 7 heterocycles. The van der Waals surface area contributed by atoms with Crippen molar-refractivity contribution in [1.29, 1.82) is 0 Å². The molecule has 4 aromatic carbocycles. The third kappa shape index (κ3) is 13.0. The molecule has 0 bridgehead atoms. The molecule has 7 amide bonds. The van der Waals surface area contributed by atoms with Crippen LogP contribution in [0.4, 0.5) is 10.5 Å². The molecule has 0 aromatic heterocycles. The smallest absolute Gasteiger partial charge is 0.414 e. The van der Waals surface area contributed by atoms with Crippen LogP contribution in [0.25, 0.3) is 0 Å². The van der Waals surface area contributed by atoms with E-state index < -0.39 is 23.6 Å². The first-order valence-electron chi connectivity index (χ1n) is 28.6. The van der Waals surface area contributed by atoms with Crippen LogP contribution in [-0.2, 0) is 69.4 Å². The van der Waals surface area contributed by atoms with E-state index in [-0.39, 0.29) is 74.3 Å². The second-order valence-corrected chi connectivity index (χ2v) is 23.5. The van der Waals surface area contributed by atoms with Crippen molar-refractivity contribution < 1.29 is 47.8 Å². The second kappa shape index (κ2) is 25.1. The Kier molecular flexibility index (Phi) is 18.2. The summed E-state index contributed by atoms with van der Waals surface area (Å²) >= 11 is 0. The van der Waals surface area contributed by atoms with Crippen LogP contribution in [0.2, 0.25) is 0 Å². The average molecular weight is 1130 g/mol. The van der Waals surface area contributed by atoms with Crippen molar-refractivity contribution in [3.05, 3.63) is 123 Å². The number of carbonyl (C=O) groups excluding carboxylic acids is 7. The Hall–Kier alpha value is -6.82. The van der Waals surface area contributed by atoms with Crippen molar-refractivity contribution in [2.45, 2.75) is 174 Å². The largest absolute Gasteiger partial charge is 0.492 e. The summed E-state index contributed by atoms with van der Waals surface area (Å²) in [5.74, 6) is -0.254. The summed E-state index contributed by atoms with van der Waals surface area (Å²) in [6, 6.07) is 23.5. The molecule has 4 atom stereocenters. The molecule has 0 radical (unpaired) electrons. The highest BCUT2D eigenvalue weighted by atomic mass is 35.5. The number of hydrogen-bond acceptors (Lipinski definition) is 12. The van der Waals surface area contributed by atoms with E-state index in [1.165, 1.54) is 48.8 Å². The molecule has 8 aliphatic rings. The number of para-hydroxylation sites is 1. The molecule has 2 N–H and O–H groups in total. The van der Waals surface area contributed by atoms with Gasteiger partial charge >= 0.3 is 6.09 Å². The maximum atomic E-state index is 13.1. The lowest BCUT2D eigenvalue weighted by atomic mass is 9.98. The molecular weight excluding hydrogens is 1050 g/mol. The molecule has 81 heavy (non-hydrogen) atoms. The highest BCUT2D eigenvalue weighted by Gasteiger charge is 2.41. The van der Waals surface area contributed by atoms with E-state index in [0.29, 0.717) is 68.6 Å². The first kappa shape index (κ1) is 58.8. The zero-order chi connectivity index (χ0) is 55.0. The third-order valence-electron chi connectivity index (χ3n) is 17.1. The van der Waals surface area contributed by atoms with Gasteiger partial charge < -0.3 is 24.0 Å². The van der Waals surface area contributed by atoms with Crippen LogP contribution in [0.15, 0.2) is 72.8 Å². The molecule has 18 heteroatoms. The number of halogens is 1. The summed E-state index contributed by atoms with van der Waals surface area (Å²) in [6.45, 7) is 11.8. The highest BCUT2D eigenvalue weighted by molar-refractivity contribution is 6.06. The Labute approximate surface area is 481 Å². The van der Waals surface area contributed by atoms with Crippen LogP contribution in [0, 0.1) is 0 Å². The molecule has 4 saturated heterocycles. The lowest BCUT2D eigenvalue weighted by Gasteiger charge is -2.36.